The number of fused-ring (bicyclic) bond motifs is 1. The van der Waals surface area contributed by atoms with Gasteiger partial charge in [0.15, 0.2) is 0 Å². The lowest BCUT2D eigenvalue weighted by Crippen LogP contribution is -2.12. The van der Waals surface area contributed by atoms with Crippen LogP contribution in [0.5, 0.6) is 0 Å². The molecule has 1 aliphatic rings. The van der Waals surface area contributed by atoms with E-state index < -0.39 is 0 Å². The second kappa shape index (κ2) is 4.81. The Balaban J connectivity index is 2.01. The third-order valence-corrected chi connectivity index (χ3v) is 3.25. The van der Waals surface area contributed by atoms with E-state index in [0.717, 1.165) is 5.69 Å². The third kappa shape index (κ3) is 2.16. The fourth-order valence-corrected chi connectivity index (χ4v) is 2.22. The van der Waals surface area contributed by atoms with Crippen LogP contribution in [0.4, 0.5) is 15.8 Å². The van der Waals surface area contributed by atoms with Gasteiger partial charge < -0.3 is 10.2 Å². The van der Waals surface area contributed by atoms with Gasteiger partial charge in [0.05, 0.1) is 5.57 Å². The molecule has 1 heterocycles. The minimum Gasteiger partial charge on any atom is -0.350 e. The zero-order valence-electron chi connectivity index (χ0n) is 10.9. The highest BCUT2D eigenvalue weighted by Crippen LogP contribution is 2.32. The van der Waals surface area contributed by atoms with Crippen molar-refractivity contribution in [1.29, 1.82) is 0 Å². The van der Waals surface area contributed by atoms with Crippen molar-refractivity contribution in [2.45, 2.75) is 0 Å². The first-order chi connectivity index (χ1) is 9.65. The average molecular weight is 268 g/mol. The van der Waals surface area contributed by atoms with Gasteiger partial charge in [-0.1, -0.05) is 18.2 Å². The fraction of sp³-hybridized carbons (Fsp3) is 0.0625. The van der Waals surface area contributed by atoms with Gasteiger partial charge in [-0.3, -0.25) is 4.79 Å². The highest BCUT2D eigenvalue weighted by Gasteiger charge is 2.25. The van der Waals surface area contributed by atoms with Crippen molar-refractivity contribution in [2.75, 3.05) is 17.3 Å². The summed E-state index contributed by atoms with van der Waals surface area (Å²) in [4.78, 5) is 13.8. The Morgan fingerprint density at radius 2 is 1.90 bits per heavy atom. The molecule has 0 unspecified atom stereocenters. The standard InChI is InChI=1S/C16H13FN2O/c1-19(12-5-3-2-4-6-12)10-14-13-9-11(17)7-8-15(13)18-16(14)20/h2-10H,1H3,(H,18,20)/b14-10+. The molecule has 0 radical (unpaired) electrons. The van der Waals surface area contributed by atoms with E-state index in [1.165, 1.54) is 12.1 Å². The van der Waals surface area contributed by atoms with Gasteiger partial charge >= 0.3 is 0 Å². The van der Waals surface area contributed by atoms with E-state index in [2.05, 4.69) is 5.32 Å². The third-order valence-electron chi connectivity index (χ3n) is 3.25. The Hall–Kier alpha value is -2.62. The molecule has 0 aliphatic carbocycles. The molecular formula is C16H13FN2O. The SMILES string of the molecule is CN(/C=C1/C(=O)Nc2ccc(F)cc21)c1ccccc1. The lowest BCUT2D eigenvalue weighted by Gasteiger charge is -2.14. The molecule has 3 rings (SSSR count). The molecule has 20 heavy (non-hydrogen) atoms. The summed E-state index contributed by atoms with van der Waals surface area (Å²) in [5.41, 5.74) is 2.66. The largest absolute Gasteiger partial charge is 0.350 e. The molecule has 3 nitrogen and oxygen atoms in total. The van der Waals surface area contributed by atoms with Crippen LogP contribution in [0.15, 0.2) is 54.7 Å². The molecule has 0 saturated carbocycles. The quantitative estimate of drug-likeness (QED) is 0.848. The normalized spacial score (nSPS) is 15.1. The minimum atomic E-state index is -0.353. The number of carbonyl (C=O) groups is 1. The summed E-state index contributed by atoms with van der Waals surface area (Å²) in [7, 11) is 1.85. The van der Waals surface area contributed by atoms with Crippen molar-refractivity contribution in [3.63, 3.8) is 0 Å². The van der Waals surface area contributed by atoms with Gasteiger partial charge in [0.1, 0.15) is 5.82 Å². The van der Waals surface area contributed by atoms with E-state index in [9.17, 15) is 9.18 Å². The molecule has 0 atom stereocenters. The van der Waals surface area contributed by atoms with E-state index in [-0.39, 0.29) is 11.7 Å². The van der Waals surface area contributed by atoms with Gasteiger partial charge in [-0.2, -0.15) is 0 Å². The molecule has 100 valence electrons. The van der Waals surface area contributed by atoms with Gasteiger partial charge in [-0.25, -0.2) is 4.39 Å². The number of benzene rings is 2. The molecule has 2 aromatic carbocycles. The maximum absolute atomic E-state index is 13.3. The van der Waals surface area contributed by atoms with E-state index in [0.29, 0.717) is 16.8 Å². The van der Waals surface area contributed by atoms with Crippen LogP contribution in [0.1, 0.15) is 5.56 Å². The number of anilines is 2. The maximum Gasteiger partial charge on any atom is 0.257 e. The Morgan fingerprint density at radius 1 is 1.15 bits per heavy atom. The second-order valence-electron chi connectivity index (χ2n) is 4.63. The number of carbonyl (C=O) groups excluding carboxylic acids is 1. The highest BCUT2D eigenvalue weighted by atomic mass is 19.1. The summed E-state index contributed by atoms with van der Waals surface area (Å²) in [5.74, 6) is -0.568. The van der Waals surface area contributed by atoms with Crippen molar-refractivity contribution in [2.24, 2.45) is 0 Å². The average Bonchev–Trinajstić information content (AvgIpc) is 2.76. The maximum atomic E-state index is 13.3. The number of para-hydroxylation sites is 1. The molecule has 0 spiro atoms. The Kier molecular flexibility index (Phi) is 2.99. The Bertz CT molecular complexity index is 695. The van der Waals surface area contributed by atoms with Gasteiger partial charge in [-0.15, -0.1) is 0 Å². The van der Waals surface area contributed by atoms with E-state index >= 15 is 0 Å². The van der Waals surface area contributed by atoms with Crippen LogP contribution in [0, 0.1) is 5.82 Å². The van der Waals surface area contributed by atoms with E-state index in [1.54, 1.807) is 12.3 Å². The van der Waals surface area contributed by atoms with Crippen LogP contribution in [-0.4, -0.2) is 13.0 Å². The van der Waals surface area contributed by atoms with E-state index in [1.807, 2.05) is 42.3 Å². The van der Waals surface area contributed by atoms with Crippen molar-refractivity contribution < 1.29 is 9.18 Å². The van der Waals surface area contributed by atoms with Crippen LogP contribution in [0.2, 0.25) is 0 Å². The van der Waals surface area contributed by atoms with Crippen molar-refractivity contribution in [3.8, 4) is 0 Å². The molecule has 2 aromatic rings. The molecular weight excluding hydrogens is 255 g/mol. The van der Waals surface area contributed by atoms with Crippen LogP contribution >= 0.6 is 0 Å². The van der Waals surface area contributed by atoms with Crippen LogP contribution in [-0.2, 0) is 4.79 Å². The van der Waals surface area contributed by atoms with E-state index in [4.69, 9.17) is 0 Å². The lowest BCUT2D eigenvalue weighted by atomic mass is 10.1. The predicted octanol–water partition coefficient (Wildman–Crippen LogP) is 3.26. The van der Waals surface area contributed by atoms with Gasteiger partial charge in [0, 0.05) is 30.2 Å². The number of amides is 1. The van der Waals surface area contributed by atoms with Crippen molar-refractivity contribution >= 4 is 22.9 Å². The topological polar surface area (TPSA) is 32.3 Å². The molecule has 1 aliphatic heterocycles. The number of hydrogen-bond donors (Lipinski definition) is 1. The number of nitrogens with zero attached hydrogens (tertiary/aromatic N) is 1. The summed E-state index contributed by atoms with van der Waals surface area (Å²) >= 11 is 0. The lowest BCUT2D eigenvalue weighted by molar-refractivity contribution is -0.110. The smallest absolute Gasteiger partial charge is 0.257 e. The second-order valence-corrected chi connectivity index (χ2v) is 4.63. The first kappa shape index (κ1) is 12.4. The monoisotopic (exact) mass is 268 g/mol. The summed E-state index contributed by atoms with van der Waals surface area (Å²) < 4.78 is 13.3. The van der Waals surface area contributed by atoms with Crippen LogP contribution in [0.3, 0.4) is 0 Å². The molecule has 1 amide bonds. The first-order valence-corrected chi connectivity index (χ1v) is 6.26. The molecule has 0 fully saturated rings. The molecule has 1 N–H and O–H groups in total. The van der Waals surface area contributed by atoms with Gasteiger partial charge in [0.2, 0.25) is 0 Å². The number of rotatable bonds is 2. The van der Waals surface area contributed by atoms with Crippen LogP contribution < -0.4 is 10.2 Å². The first-order valence-electron chi connectivity index (χ1n) is 6.26. The highest BCUT2D eigenvalue weighted by molar-refractivity contribution is 6.31. The summed E-state index contributed by atoms with van der Waals surface area (Å²) in [6.45, 7) is 0. The minimum absolute atomic E-state index is 0.214. The Labute approximate surface area is 116 Å². The van der Waals surface area contributed by atoms with Crippen molar-refractivity contribution in [3.05, 3.63) is 66.1 Å². The van der Waals surface area contributed by atoms with Crippen molar-refractivity contribution in [1.82, 2.24) is 0 Å². The molecule has 0 aromatic heterocycles. The molecule has 0 bridgehead atoms. The molecule has 4 heteroatoms. The summed E-state index contributed by atoms with van der Waals surface area (Å²) in [5, 5.41) is 2.73. The molecule has 0 saturated heterocycles. The number of nitrogens with one attached hydrogen (secondary N) is 1. The van der Waals surface area contributed by atoms with Crippen LogP contribution in [0.25, 0.3) is 5.57 Å². The zero-order valence-corrected chi connectivity index (χ0v) is 10.9. The zero-order chi connectivity index (χ0) is 14.1. The van der Waals surface area contributed by atoms with Gasteiger partial charge in [-0.05, 0) is 30.3 Å². The predicted molar refractivity (Wildman–Crippen MR) is 77.9 cm³/mol. The Morgan fingerprint density at radius 3 is 2.65 bits per heavy atom. The summed E-state index contributed by atoms with van der Waals surface area (Å²) in [6.07, 6.45) is 1.72. The fourth-order valence-electron chi connectivity index (χ4n) is 2.22. The number of halogens is 1. The summed E-state index contributed by atoms with van der Waals surface area (Å²) in [6, 6.07) is 13.9. The number of hydrogen-bond acceptors (Lipinski definition) is 2. The van der Waals surface area contributed by atoms with Gasteiger partial charge in [0.25, 0.3) is 5.91 Å².